The number of hydrogen-bond acceptors (Lipinski definition) is 5. The number of ether oxygens (including phenoxy) is 2. The summed E-state index contributed by atoms with van der Waals surface area (Å²) in [5, 5.41) is 5.15. The van der Waals surface area contributed by atoms with E-state index >= 15 is 0 Å². The molecule has 1 heterocycles. The minimum absolute atomic E-state index is 0.00295. The molecule has 0 unspecified atom stereocenters. The molecule has 5 aromatic rings. The zero-order valence-electron chi connectivity index (χ0n) is 22.5. The van der Waals surface area contributed by atoms with E-state index in [-0.39, 0.29) is 23.9 Å². The molecule has 0 aliphatic heterocycles. The summed E-state index contributed by atoms with van der Waals surface area (Å²) in [7, 11) is 1.30. The van der Waals surface area contributed by atoms with Crippen molar-refractivity contribution >= 4 is 83.7 Å². The van der Waals surface area contributed by atoms with Crippen molar-refractivity contribution < 1.29 is 19.1 Å². The largest absolute Gasteiger partial charge is 0.465 e. The van der Waals surface area contributed by atoms with Crippen LogP contribution in [0.1, 0.15) is 15.9 Å². The summed E-state index contributed by atoms with van der Waals surface area (Å²) in [5.41, 5.74) is 4.56. The van der Waals surface area contributed by atoms with E-state index in [1.165, 1.54) is 7.11 Å². The second-order valence-electron chi connectivity index (χ2n) is 9.09. The first-order valence-corrected chi connectivity index (χ1v) is 14.4. The number of allylic oxidation sites excluding steroid dienone is 1. The molecule has 1 N–H and O–H groups in total. The molecule has 5 rings (SSSR count). The average molecular weight is 687 g/mol. The van der Waals surface area contributed by atoms with Crippen LogP contribution in [0.5, 0.6) is 0 Å². The standard InChI is InChI=1S/C33H25Br2N3O4/c1-3-15-36-33(37-31-27(32(40)41-2)18-22(34)19-28(31)35)42-24(20-39)16-21-13-14-30-26(17-21)25-11-7-8-12-29(25)38(30)23-9-5-4-6-10-23/h3-14,16-20H,1,15H2,2H3,(H,36,37)/b24-16+. The number of fused-ring (bicyclic) bond motifs is 3. The van der Waals surface area contributed by atoms with Gasteiger partial charge < -0.3 is 19.4 Å². The van der Waals surface area contributed by atoms with Crippen molar-refractivity contribution in [2.75, 3.05) is 19.0 Å². The van der Waals surface area contributed by atoms with Crippen LogP contribution < -0.4 is 5.32 Å². The van der Waals surface area contributed by atoms with Crippen LogP contribution in [0.4, 0.5) is 5.69 Å². The molecule has 1 aromatic heterocycles. The highest BCUT2D eigenvalue weighted by molar-refractivity contribution is 9.11. The summed E-state index contributed by atoms with van der Waals surface area (Å²) >= 11 is 6.86. The average Bonchev–Trinajstić information content (AvgIpc) is 3.34. The Morgan fingerprint density at radius 2 is 1.71 bits per heavy atom. The summed E-state index contributed by atoms with van der Waals surface area (Å²) in [4.78, 5) is 29.0. The zero-order chi connectivity index (χ0) is 29.6. The van der Waals surface area contributed by atoms with Gasteiger partial charge in [0.1, 0.15) is 0 Å². The number of anilines is 1. The molecule has 0 saturated heterocycles. The fourth-order valence-corrected chi connectivity index (χ4v) is 5.95. The Balaban J connectivity index is 1.53. The van der Waals surface area contributed by atoms with Gasteiger partial charge >= 0.3 is 5.97 Å². The number of carbonyl (C=O) groups excluding carboxylic acids is 2. The first-order chi connectivity index (χ1) is 20.4. The lowest BCUT2D eigenvalue weighted by atomic mass is 10.1. The lowest BCUT2D eigenvalue weighted by Gasteiger charge is -2.15. The first kappa shape index (κ1) is 29.0. The second kappa shape index (κ2) is 13.0. The number of hydrogen-bond donors (Lipinski definition) is 1. The number of rotatable bonds is 8. The van der Waals surface area contributed by atoms with Crippen LogP contribution in [0, 0.1) is 0 Å². The van der Waals surface area contributed by atoms with Crippen molar-refractivity contribution in [1.82, 2.24) is 4.57 Å². The number of nitrogens with zero attached hydrogens (tertiary/aromatic N) is 2. The number of halogens is 2. The number of para-hydroxylation sites is 2. The quantitative estimate of drug-likeness (QED) is 0.0338. The van der Waals surface area contributed by atoms with E-state index in [9.17, 15) is 9.59 Å². The molecule has 0 saturated carbocycles. The van der Waals surface area contributed by atoms with Gasteiger partial charge in [-0.15, -0.1) is 6.58 Å². The number of benzene rings is 4. The molecule has 9 heteroatoms. The molecule has 210 valence electrons. The maximum Gasteiger partial charge on any atom is 0.340 e. The topological polar surface area (TPSA) is 81.9 Å². The molecule has 0 spiro atoms. The monoisotopic (exact) mass is 685 g/mol. The minimum Gasteiger partial charge on any atom is -0.465 e. The van der Waals surface area contributed by atoms with Gasteiger partial charge in [-0.3, -0.25) is 4.79 Å². The van der Waals surface area contributed by atoms with Gasteiger partial charge in [0.25, 0.3) is 6.02 Å². The Morgan fingerprint density at radius 1 is 0.976 bits per heavy atom. The molecular weight excluding hydrogens is 662 g/mol. The molecule has 4 aromatic carbocycles. The smallest absolute Gasteiger partial charge is 0.340 e. The number of amidine groups is 1. The van der Waals surface area contributed by atoms with E-state index in [4.69, 9.17) is 9.47 Å². The first-order valence-electron chi connectivity index (χ1n) is 12.9. The van der Waals surface area contributed by atoms with Crippen molar-refractivity contribution in [3.63, 3.8) is 0 Å². The maximum absolute atomic E-state index is 12.5. The molecule has 7 nitrogen and oxygen atoms in total. The van der Waals surface area contributed by atoms with Crippen molar-refractivity contribution in [2.24, 2.45) is 4.99 Å². The zero-order valence-corrected chi connectivity index (χ0v) is 25.7. The third kappa shape index (κ3) is 6.07. The highest BCUT2D eigenvalue weighted by Crippen LogP contribution is 2.34. The van der Waals surface area contributed by atoms with Gasteiger partial charge in [0, 0.05) is 25.4 Å². The van der Waals surface area contributed by atoms with Crippen LogP contribution in [-0.4, -0.2) is 36.5 Å². The van der Waals surface area contributed by atoms with Gasteiger partial charge in [0.05, 0.1) is 35.9 Å². The normalized spacial score (nSPS) is 11.9. The Hall–Kier alpha value is -4.47. The molecule has 0 atom stereocenters. The lowest BCUT2D eigenvalue weighted by molar-refractivity contribution is -0.106. The summed E-state index contributed by atoms with van der Waals surface area (Å²) in [6, 6.07) is 27.7. The number of aldehydes is 1. The Morgan fingerprint density at radius 3 is 2.45 bits per heavy atom. The summed E-state index contributed by atoms with van der Waals surface area (Å²) in [6.45, 7) is 3.92. The van der Waals surface area contributed by atoms with Crippen LogP contribution in [0.3, 0.4) is 0 Å². The highest BCUT2D eigenvalue weighted by atomic mass is 79.9. The van der Waals surface area contributed by atoms with Gasteiger partial charge in [0.15, 0.2) is 12.0 Å². The SMILES string of the molecule is C=CCN=C(Nc1c(Br)cc(Br)cc1C(=O)OC)O/C(C=O)=C/c1ccc2c(c1)c1ccccc1n2-c1ccccc1. The molecule has 0 amide bonds. The van der Waals surface area contributed by atoms with Crippen LogP contribution in [0.15, 0.2) is 117 Å². The van der Waals surface area contributed by atoms with Crippen LogP contribution >= 0.6 is 31.9 Å². The predicted octanol–water partition coefficient (Wildman–Crippen LogP) is 8.31. The number of nitrogens with one attached hydrogen (secondary N) is 1. The highest BCUT2D eigenvalue weighted by Gasteiger charge is 2.19. The number of esters is 1. The fourth-order valence-electron chi connectivity index (χ4n) is 4.62. The van der Waals surface area contributed by atoms with Crippen molar-refractivity contribution in [2.45, 2.75) is 0 Å². The Bertz CT molecular complexity index is 1880. The van der Waals surface area contributed by atoms with Crippen LogP contribution in [0.25, 0.3) is 33.6 Å². The number of aliphatic imine (C=N–C) groups is 1. The maximum atomic E-state index is 12.5. The number of carbonyl (C=O) groups is 2. The molecule has 0 bridgehead atoms. The van der Waals surface area contributed by atoms with E-state index in [2.05, 4.69) is 77.6 Å². The van der Waals surface area contributed by atoms with Gasteiger partial charge in [-0.2, -0.15) is 0 Å². The third-order valence-electron chi connectivity index (χ3n) is 6.41. The van der Waals surface area contributed by atoms with Crippen molar-refractivity contribution in [1.29, 1.82) is 0 Å². The van der Waals surface area contributed by atoms with E-state index < -0.39 is 5.97 Å². The van der Waals surface area contributed by atoms with Crippen LogP contribution in [-0.2, 0) is 14.3 Å². The second-order valence-corrected chi connectivity index (χ2v) is 10.9. The van der Waals surface area contributed by atoms with Gasteiger partial charge in [-0.1, -0.05) is 64.5 Å². The van der Waals surface area contributed by atoms with E-state index in [1.54, 1.807) is 24.3 Å². The van der Waals surface area contributed by atoms with Gasteiger partial charge in [-0.05, 0) is 70.0 Å². The lowest BCUT2D eigenvalue weighted by Crippen LogP contribution is -2.20. The molecule has 42 heavy (non-hydrogen) atoms. The molecule has 0 radical (unpaired) electrons. The Kier molecular flexibility index (Phi) is 9.00. The van der Waals surface area contributed by atoms with Crippen molar-refractivity contribution in [3.05, 3.63) is 123 Å². The Labute approximate surface area is 259 Å². The summed E-state index contributed by atoms with van der Waals surface area (Å²) in [6.07, 6.45) is 3.84. The van der Waals surface area contributed by atoms with Gasteiger partial charge in [0.2, 0.25) is 0 Å². The molecule has 0 fully saturated rings. The minimum atomic E-state index is -0.559. The number of methoxy groups -OCH3 is 1. The fraction of sp³-hybridized carbons (Fsp3) is 0.0606. The van der Waals surface area contributed by atoms with E-state index in [0.717, 1.165) is 33.1 Å². The van der Waals surface area contributed by atoms with E-state index in [1.807, 2.05) is 48.5 Å². The predicted molar refractivity (Wildman–Crippen MR) is 175 cm³/mol. The summed E-state index contributed by atoms with van der Waals surface area (Å²) in [5.74, 6) is -0.541. The third-order valence-corrected chi connectivity index (χ3v) is 7.49. The van der Waals surface area contributed by atoms with Crippen molar-refractivity contribution in [3.8, 4) is 5.69 Å². The molecule has 0 aliphatic rings. The molecule has 0 aliphatic carbocycles. The molecular formula is C33H25Br2N3O4. The number of aromatic nitrogens is 1. The van der Waals surface area contributed by atoms with Crippen LogP contribution in [0.2, 0.25) is 0 Å². The van der Waals surface area contributed by atoms with E-state index in [0.29, 0.717) is 20.9 Å². The summed E-state index contributed by atoms with van der Waals surface area (Å²) < 4.78 is 14.3. The van der Waals surface area contributed by atoms with Gasteiger partial charge in [-0.25, -0.2) is 9.79 Å².